The molecule has 2 nitrogen and oxygen atoms in total. The molecule has 1 atom stereocenters. The molecule has 2 heteroatoms. The highest BCUT2D eigenvalue weighted by atomic mass is 16.5. The van der Waals surface area contributed by atoms with Gasteiger partial charge in [0, 0.05) is 0 Å². The van der Waals surface area contributed by atoms with Crippen molar-refractivity contribution >= 4 is 5.97 Å². The molecular formula is C12H16O2. The number of carbonyl (C=O) groups is 1. The maximum Gasteiger partial charge on any atom is 0.313 e. The minimum Gasteiger partial charge on any atom is -0.469 e. The van der Waals surface area contributed by atoms with Gasteiger partial charge in [-0.05, 0) is 12.0 Å². The molecular weight excluding hydrogens is 176 g/mol. The number of hydrogen-bond donors (Lipinski definition) is 0. The Bertz CT molecular complexity index is 280. The van der Waals surface area contributed by atoms with Crippen LogP contribution in [0.3, 0.4) is 0 Å². The fourth-order valence-electron chi connectivity index (χ4n) is 1.54. The first-order valence-electron chi connectivity index (χ1n) is 4.92. The average molecular weight is 192 g/mol. The van der Waals surface area contributed by atoms with Crippen LogP contribution in [0.15, 0.2) is 30.3 Å². The molecule has 0 bridgehead atoms. The minimum atomic E-state index is -0.141. The highest BCUT2D eigenvalue weighted by molar-refractivity contribution is 5.77. The van der Waals surface area contributed by atoms with E-state index < -0.39 is 0 Å². The van der Waals surface area contributed by atoms with Crippen LogP contribution in [0.1, 0.15) is 31.2 Å². The topological polar surface area (TPSA) is 26.3 Å². The molecule has 0 aliphatic heterocycles. The molecule has 1 rings (SSSR count). The van der Waals surface area contributed by atoms with E-state index in [9.17, 15) is 4.79 Å². The Labute approximate surface area is 84.9 Å². The van der Waals surface area contributed by atoms with E-state index in [1.807, 2.05) is 30.3 Å². The number of benzene rings is 1. The van der Waals surface area contributed by atoms with Gasteiger partial charge < -0.3 is 4.74 Å². The Morgan fingerprint density at radius 1 is 1.36 bits per heavy atom. The zero-order valence-electron chi connectivity index (χ0n) is 8.69. The zero-order chi connectivity index (χ0) is 10.4. The van der Waals surface area contributed by atoms with Crippen molar-refractivity contribution in [1.29, 1.82) is 0 Å². The van der Waals surface area contributed by atoms with Crippen molar-refractivity contribution in [2.24, 2.45) is 0 Å². The quantitative estimate of drug-likeness (QED) is 0.686. The lowest BCUT2D eigenvalue weighted by Gasteiger charge is -2.13. The van der Waals surface area contributed by atoms with Crippen molar-refractivity contribution < 1.29 is 9.53 Å². The molecule has 0 saturated heterocycles. The Morgan fingerprint density at radius 2 is 2.00 bits per heavy atom. The van der Waals surface area contributed by atoms with Gasteiger partial charge in [-0.3, -0.25) is 4.79 Å². The second kappa shape index (κ2) is 5.43. The Balaban J connectivity index is 2.83. The van der Waals surface area contributed by atoms with Crippen molar-refractivity contribution in [3.05, 3.63) is 35.9 Å². The van der Waals surface area contributed by atoms with E-state index in [4.69, 9.17) is 4.74 Å². The Kier molecular flexibility index (Phi) is 4.17. The zero-order valence-corrected chi connectivity index (χ0v) is 8.69. The van der Waals surface area contributed by atoms with Crippen LogP contribution in [0.5, 0.6) is 0 Å². The first-order valence-corrected chi connectivity index (χ1v) is 4.92. The molecule has 76 valence electrons. The van der Waals surface area contributed by atoms with E-state index in [-0.39, 0.29) is 11.9 Å². The van der Waals surface area contributed by atoms with Crippen molar-refractivity contribution in [3.63, 3.8) is 0 Å². The summed E-state index contributed by atoms with van der Waals surface area (Å²) >= 11 is 0. The lowest BCUT2D eigenvalue weighted by atomic mass is 9.95. The highest BCUT2D eigenvalue weighted by Gasteiger charge is 2.19. The maximum absolute atomic E-state index is 11.5. The van der Waals surface area contributed by atoms with E-state index in [0.29, 0.717) is 0 Å². The van der Waals surface area contributed by atoms with Gasteiger partial charge in [-0.1, -0.05) is 43.7 Å². The summed E-state index contributed by atoms with van der Waals surface area (Å²) in [5.74, 6) is -0.246. The molecule has 0 unspecified atom stereocenters. The molecule has 0 aromatic heterocycles. The van der Waals surface area contributed by atoms with Gasteiger partial charge >= 0.3 is 5.97 Å². The predicted molar refractivity (Wildman–Crippen MR) is 56.1 cm³/mol. The largest absolute Gasteiger partial charge is 0.469 e. The van der Waals surface area contributed by atoms with Crippen LogP contribution in [-0.4, -0.2) is 13.1 Å². The van der Waals surface area contributed by atoms with Gasteiger partial charge in [-0.2, -0.15) is 0 Å². The molecule has 0 radical (unpaired) electrons. The summed E-state index contributed by atoms with van der Waals surface area (Å²) in [4.78, 5) is 11.5. The first-order chi connectivity index (χ1) is 6.79. The van der Waals surface area contributed by atoms with Gasteiger partial charge in [0.05, 0.1) is 13.0 Å². The third-order valence-electron chi connectivity index (χ3n) is 2.26. The lowest BCUT2D eigenvalue weighted by Crippen LogP contribution is -2.13. The summed E-state index contributed by atoms with van der Waals surface area (Å²) in [6, 6.07) is 9.78. The summed E-state index contributed by atoms with van der Waals surface area (Å²) in [7, 11) is 1.44. The monoisotopic (exact) mass is 192 g/mol. The van der Waals surface area contributed by atoms with E-state index >= 15 is 0 Å². The highest BCUT2D eigenvalue weighted by Crippen LogP contribution is 2.22. The normalized spacial score (nSPS) is 12.1. The molecule has 0 heterocycles. The van der Waals surface area contributed by atoms with Gasteiger partial charge in [0.15, 0.2) is 0 Å². The molecule has 0 aliphatic rings. The lowest BCUT2D eigenvalue weighted by molar-refractivity contribution is -0.142. The van der Waals surface area contributed by atoms with Crippen molar-refractivity contribution in [2.75, 3.05) is 7.11 Å². The van der Waals surface area contributed by atoms with Gasteiger partial charge in [0.25, 0.3) is 0 Å². The second-order valence-corrected chi connectivity index (χ2v) is 3.28. The summed E-state index contributed by atoms with van der Waals surface area (Å²) in [5, 5.41) is 0. The SMILES string of the molecule is CCC[C@@H](C(=O)OC)c1ccccc1. The molecule has 1 aromatic rings. The van der Waals surface area contributed by atoms with Crippen LogP contribution in [0.2, 0.25) is 0 Å². The van der Waals surface area contributed by atoms with E-state index in [1.165, 1.54) is 7.11 Å². The summed E-state index contributed by atoms with van der Waals surface area (Å²) in [6.07, 6.45) is 1.82. The summed E-state index contributed by atoms with van der Waals surface area (Å²) in [5.41, 5.74) is 1.04. The number of ether oxygens (including phenoxy) is 1. The van der Waals surface area contributed by atoms with Gasteiger partial charge in [-0.25, -0.2) is 0 Å². The van der Waals surface area contributed by atoms with Crippen molar-refractivity contribution in [3.8, 4) is 0 Å². The van der Waals surface area contributed by atoms with Crippen LogP contribution >= 0.6 is 0 Å². The summed E-state index contributed by atoms with van der Waals surface area (Å²) in [6.45, 7) is 2.07. The molecule has 0 aliphatic carbocycles. The van der Waals surface area contributed by atoms with E-state index in [2.05, 4.69) is 6.92 Å². The molecule has 1 aromatic carbocycles. The number of esters is 1. The molecule has 0 spiro atoms. The minimum absolute atomic E-state index is 0.105. The molecule has 0 fully saturated rings. The van der Waals surface area contributed by atoms with Crippen LogP contribution in [0.25, 0.3) is 0 Å². The van der Waals surface area contributed by atoms with E-state index in [1.54, 1.807) is 0 Å². The second-order valence-electron chi connectivity index (χ2n) is 3.28. The Hall–Kier alpha value is -1.31. The molecule has 14 heavy (non-hydrogen) atoms. The van der Waals surface area contributed by atoms with Crippen LogP contribution in [0.4, 0.5) is 0 Å². The number of methoxy groups -OCH3 is 1. The maximum atomic E-state index is 11.5. The predicted octanol–water partition coefficient (Wildman–Crippen LogP) is 2.74. The smallest absolute Gasteiger partial charge is 0.313 e. The van der Waals surface area contributed by atoms with Crippen molar-refractivity contribution in [1.82, 2.24) is 0 Å². The number of rotatable bonds is 4. The average Bonchev–Trinajstić information content (AvgIpc) is 2.26. The van der Waals surface area contributed by atoms with Crippen LogP contribution < -0.4 is 0 Å². The molecule has 0 amide bonds. The third kappa shape index (κ3) is 2.59. The van der Waals surface area contributed by atoms with Gasteiger partial charge in [0.2, 0.25) is 0 Å². The first kappa shape index (κ1) is 10.8. The van der Waals surface area contributed by atoms with Gasteiger partial charge in [0.1, 0.15) is 0 Å². The molecule has 0 saturated carbocycles. The van der Waals surface area contributed by atoms with Crippen molar-refractivity contribution in [2.45, 2.75) is 25.7 Å². The van der Waals surface area contributed by atoms with Crippen LogP contribution in [0, 0.1) is 0 Å². The Morgan fingerprint density at radius 3 is 2.50 bits per heavy atom. The van der Waals surface area contributed by atoms with E-state index in [0.717, 1.165) is 18.4 Å². The fraction of sp³-hybridized carbons (Fsp3) is 0.417. The van der Waals surface area contributed by atoms with Gasteiger partial charge in [-0.15, -0.1) is 0 Å². The van der Waals surface area contributed by atoms with Crippen LogP contribution in [-0.2, 0) is 9.53 Å². The number of hydrogen-bond acceptors (Lipinski definition) is 2. The third-order valence-corrected chi connectivity index (χ3v) is 2.26. The molecule has 0 N–H and O–H groups in total. The number of carbonyl (C=O) groups excluding carboxylic acids is 1. The summed E-state index contributed by atoms with van der Waals surface area (Å²) < 4.78 is 4.78. The standard InChI is InChI=1S/C12H16O2/c1-3-7-11(12(13)14-2)10-8-5-4-6-9-10/h4-6,8-9,11H,3,7H2,1-2H3/t11-/m1/s1. The fourth-order valence-corrected chi connectivity index (χ4v) is 1.54.